The zero-order valence-electron chi connectivity index (χ0n) is 8.95. The van der Waals surface area contributed by atoms with E-state index in [1.807, 2.05) is 0 Å². The molecule has 1 saturated carbocycles. The Bertz CT molecular complexity index is 299. The van der Waals surface area contributed by atoms with Crippen molar-refractivity contribution in [2.75, 3.05) is 0 Å². The predicted octanol–water partition coefficient (Wildman–Crippen LogP) is 3.57. The van der Waals surface area contributed by atoms with Crippen LogP contribution in [0.4, 0.5) is 0 Å². The minimum absolute atomic E-state index is 0.647. The Morgan fingerprint density at radius 2 is 1.67 bits per heavy atom. The van der Waals surface area contributed by atoms with Gasteiger partial charge in [-0.2, -0.15) is 0 Å². The van der Waals surface area contributed by atoms with Gasteiger partial charge in [-0.05, 0) is 42.7 Å². The predicted molar refractivity (Wildman–Crippen MR) is 68.3 cm³/mol. The van der Waals surface area contributed by atoms with Crippen molar-refractivity contribution in [2.45, 2.75) is 43.0 Å². The first-order chi connectivity index (χ1) is 7.29. The van der Waals surface area contributed by atoms with E-state index in [2.05, 4.69) is 40.2 Å². The van der Waals surface area contributed by atoms with Gasteiger partial charge in [-0.25, -0.2) is 0 Å². The molecule has 1 aromatic rings. The normalized spacial score (nSPS) is 26.5. The molecule has 1 aliphatic carbocycles. The molecule has 0 saturated heterocycles. The van der Waals surface area contributed by atoms with Gasteiger partial charge in [0.2, 0.25) is 0 Å². The van der Waals surface area contributed by atoms with Crippen LogP contribution in [0.5, 0.6) is 0 Å². The molecule has 1 aliphatic rings. The molecule has 0 radical (unpaired) electrons. The molecule has 0 amide bonds. The van der Waals surface area contributed by atoms with Gasteiger partial charge in [-0.15, -0.1) is 0 Å². The maximum Gasteiger partial charge on any atom is 0.0178 e. The molecule has 0 aromatic heterocycles. The Morgan fingerprint density at radius 3 is 2.20 bits per heavy atom. The van der Waals surface area contributed by atoms with Gasteiger partial charge in [0, 0.05) is 11.4 Å². The topological polar surface area (TPSA) is 26.0 Å². The maximum atomic E-state index is 5.59. The fraction of sp³-hybridized carbons (Fsp3) is 0.538. The van der Waals surface area contributed by atoms with Crippen LogP contribution in [0.15, 0.2) is 24.3 Å². The Labute approximate surface area is 100 Å². The lowest BCUT2D eigenvalue weighted by molar-refractivity contribution is 0.457. The van der Waals surface area contributed by atoms with E-state index in [-0.39, 0.29) is 0 Å². The van der Waals surface area contributed by atoms with E-state index in [9.17, 15) is 0 Å². The van der Waals surface area contributed by atoms with Crippen LogP contribution in [0, 0.1) is 0 Å². The minimum Gasteiger partial charge on any atom is -0.326 e. The molecule has 0 aliphatic heterocycles. The van der Waals surface area contributed by atoms with Crippen molar-refractivity contribution in [1.29, 1.82) is 0 Å². The lowest BCUT2D eigenvalue weighted by atomic mass is 9.84. The first kappa shape index (κ1) is 11.2. The first-order valence-corrected chi connectivity index (χ1v) is 6.64. The van der Waals surface area contributed by atoms with Crippen LogP contribution in [0.25, 0.3) is 0 Å². The highest BCUT2D eigenvalue weighted by Gasteiger charge is 2.20. The Balaban J connectivity index is 2.03. The molecular formula is C13H18BrN. The second-order valence-electron chi connectivity index (χ2n) is 4.39. The van der Waals surface area contributed by atoms with Gasteiger partial charge < -0.3 is 5.73 Å². The first-order valence-electron chi connectivity index (χ1n) is 5.72. The summed E-state index contributed by atoms with van der Waals surface area (Å²) < 4.78 is 0. The van der Waals surface area contributed by atoms with E-state index < -0.39 is 0 Å². The highest BCUT2D eigenvalue weighted by Crippen LogP contribution is 2.35. The van der Waals surface area contributed by atoms with Crippen molar-refractivity contribution in [3.05, 3.63) is 35.4 Å². The molecule has 1 nitrogen and oxygen atoms in total. The highest BCUT2D eigenvalue weighted by molar-refractivity contribution is 9.09. The van der Waals surface area contributed by atoms with Crippen LogP contribution >= 0.6 is 15.9 Å². The third kappa shape index (κ3) is 2.82. The van der Waals surface area contributed by atoms with Crippen molar-refractivity contribution in [1.82, 2.24) is 0 Å². The van der Waals surface area contributed by atoms with Gasteiger partial charge in [0.05, 0.1) is 0 Å². The van der Waals surface area contributed by atoms with Gasteiger partial charge in [0.15, 0.2) is 0 Å². The van der Waals surface area contributed by atoms with Crippen molar-refractivity contribution in [3.63, 3.8) is 0 Å². The molecule has 0 spiro atoms. The Kier molecular flexibility index (Phi) is 3.81. The lowest BCUT2D eigenvalue weighted by Crippen LogP contribution is -2.12. The fourth-order valence-electron chi connectivity index (χ4n) is 2.31. The highest BCUT2D eigenvalue weighted by atomic mass is 79.9. The smallest absolute Gasteiger partial charge is 0.0178 e. The third-order valence-electron chi connectivity index (χ3n) is 3.34. The molecule has 1 aromatic carbocycles. The number of hydrogen-bond acceptors (Lipinski definition) is 1. The summed E-state index contributed by atoms with van der Waals surface area (Å²) in [6.45, 7) is 0.647. The number of hydrogen-bond donors (Lipinski definition) is 1. The van der Waals surface area contributed by atoms with E-state index in [1.165, 1.54) is 36.8 Å². The summed E-state index contributed by atoms with van der Waals surface area (Å²) >= 11 is 3.69. The number of rotatable bonds is 2. The van der Waals surface area contributed by atoms with Crippen LogP contribution in [-0.4, -0.2) is 4.83 Å². The van der Waals surface area contributed by atoms with Crippen LogP contribution in [0.2, 0.25) is 0 Å². The molecular weight excluding hydrogens is 250 g/mol. The SMILES string of the molecule is NCc1ccc(C2CCC(Br)CC2)cc1. The maximum absolute atomic E-state index is 5.59. The summed E-state index contributed by atoms with van der Waals surface area (Å²) in [4.78, 5) is 0.747. The molecule has 1 fully saturated rings. The van der Waals surface area contributed by atoms with Crippen molar-refractivity contribution < 1.29 is 0 Å². The summed E-state index contributed by atoms with van der Waals surface area (Å²) in [5, 5.41) is 0. The summed E-state index contributed by atoms with van der Waals surface area (Å²) in [6, 6.07) is 8.83. The zero-order chi connectivity index (χ0) is 10.7. The number of nitrogens with two attached hydrogens (primary N) is 1. The van der Waals surface area contributed by atoms with Crippen molar-refractivity contribution in [3.8, 4) is 0 Å². The van der Waals surface area contributed by atoms with Gasteiger partial charge >= 0.3 is 0 Å². The molecule has 2 rings (SSSR count). The Morgan fingerprint density at radius 1 is 1.07 bits per heavy atom. The van der Waals surface area contributed by atoms with E-state index >= 15 is 0 Å². The van der Waals surface area contributed by atoms with Crippen molar-refractivity contribution in [2.24, 2.45) is 5.73 Å². The van der Waals surface area contributed by atoms with E-state index in [1.54, 1.807) is 0 Å². The lowest BCUT2D eigenvalue weighted by Gasteiger charge is -2.25. The van der Waals surface area contributed by atoms with E-state index in [4.69, 9.17) is 5.73 Å². The van der Waals surface area contributed by atoms with Crippen molar-refractivity contribution >= 4 is 15.9 Å². The molecule has 2 heteroatoms. The standard InChI is InChI=1S/C13H18BrN/c14-13-7-5-12(6-8-13)11-3-1-10(9-15)2-4-11/h1-4,12-13H,5-9,15H2. The molecule has 0 atom stereocenters. The van der Waals surface area contributed by atoms with Crippen LogP contribution < -0.4 is 5.73 Å². The quantitative estimate of drug-likeness (QED) is 0.815. The molecule has 82 valence electrons. The molecule has 15 heavy (non-hydrogen) atoms. The van der Waals surface area contributed by atoms with Gasteiger partial charge in [0.1, 0.15) is 0 Å². The summed E-state index contributed by atoms with van der Waals surface area (Å²) in [7, 11) is 0. The average molecular weight is 268 g/mol. The largest absolute Gasteiger partial charge is 0.326 e. The molecule has 2 N–H and O–H groups in total. The van der Waals surface area contributed by atoms with Gasteiger partial charge in [-0.3, -0.25) is 0 Å². The number of halogens is 1. The second kappa shape index (κ2) is 5.13. The molecule has 0 heterocycles. The summed E-state index contributed by atoms with van der Waals surface area (Å²) in [5.41, 5.74) is 8.31. The van der Waals surface area contributed by atoms with Crippen LogP contribution in [0.1, 0.15) is 42.7 Å². The number of benzene rings is 1. The van der Waals surface area contributed by atoms with Crippen LogP contribution in [-0.2, 0) is 6.54 Å². The average Bonchev–Trinajstić information content (AvgIpc) is 2.30. The second-order valence-corrected chi connectivity index (χ2v) is 5.69. The molecule has 0 bridgehead atoms. The van der Waals surface area contributed by atoms with Gasteiger partial charge in [-0.1, -0.05) is 40.2 Å². The van der Waals surface area contributed by atoms with E-state index in [0.717, 1.165) is 10.7 Å². The van der Waals surface area contributed by atoms with E-state index in [0.29, 0.717) is 6.54 Å². The summed E-state index contributed by atoms with van der Waals surface area (Å²) in [6.07, 6.45) is 5.25. The zero-order valence-corrected chi connectivity index (χ0v) is 10.5. The summed E-state index contributed by atoms with van der Waals surface area (Å²) in [5.74, 6) is 0.769. The fourth-order valence-corrected chi connectivity index (χ4v) is 2.84. The minimum atomic E-state index is 0.647. The monoisotopic (exact) mass is 267 g/mol. The third-order valence-corrected chi connectivity index (χ3v) is 4.26. The van der Waals surface area contributed by atoms with Crippen LogP contribution in [0.3, 0.4) is 0 Å². The Hall–Kier alpha value is -0.340. The number of alkyl halides is 1. The molecule has 0 unspecified atom stereocenters. The van der Waals surface area contributed by atoms with Gasteiger partial charge in [0.25, 0.3) is 0 Å².